The minimum absolute atomic E-state index is 0.102. The molecule has 0 atom stereocenters. The summed E-state index contributed by atoms with van der Waals surface area (Å²) < 4.78 is 5.54. The Bertz CT molecular complexity index is 1330. The van der Waals surface area contributed by atoms with Gasteiger partial charge in [0, 0.05) is 30.1 Å². The molecular weight excluding hydrogens is 456 g/mol. The van der Waals surface area contributed by atoms with Crippen LogP contribution in [0.4, 0.5) is 5.69 Å². The van der Waals surface area contributed by atoms with Gasteiger partial charge in [-0.3, -0.25) is 14.5 Å². The fourth-order valence-electron chi connectivity index (χ4n) is 3.41. The third kappa shape index (κ3) is 5.40. The second-order valence-corrected chi connectivity index (χ2v) is 9.64. The molecule has 2 aromatic carbocycles. The van der Waals surface area contributed by atoms with Crippen molar-refractivity contribution in [1.29, 1.82) is 0 Å². The smallest absolute Gasteiger partial charge is 0.336 e. The minimum atomic E-state index is -0.426. The first-order valence-electron chi connectivity index (χ1n) is 10.5. The number of rotatable bonds is 6. The highest BCUT2D eigenvalue weighted by Crippen LogP contribution is 2.33. The van der Waals surface area contributed by atoms with E-state index in [9.17, 15) is 14.4 Å². The van der Waals surface area contributed by atoms with Crippen molar-refractivity contribution in [1.82, 2.24) is 4.90 Å². The van der Waals surface area contributed by atoms with Gasteiger partial charge in [0.2, 0.25) is 5.91 Å². The molecule has 3 aromatic rings. The Morgan fingerprint density at radius 3 is 2.61 bits per heavy atom. The zero-order valence-corrected chi connectivity index (χ0v) is 19.8. The summed E-state index contributed by atoms with van der Waals surface area (Å²) in [4.78, 5) is 38.6. The van der Waals surface area contributed by atoms with Crippen molar-refractivity contribution < 1.29 is 14.0 Å². The molecular formula is C25H22N2O4S2. The van der Waals surface area contributed by atoms with Crippen LogP contribution in [0.25, 0.3) is 17.0 Å². The molecule has 2 heterocycles. The van der Waals surface area contributed by atoms with Crippen LogP contribution in [0.3, 0.4) is 0 Å². The molecule has 0 radical (unpaired) electrons. The number of benzene rings is 2. The molecule has 0 aliphatic carbocycles. The average Bonchev–Trinajstić information content (AvgIpc) is 3.05. The molecule has 0 saturated carbocycles. The monoisotopic (exact) mass is 478 g/mol. The highest BCUT2D eigenvalue weighted by molar-refractivity contribution is 8.26. The van der Waals surface area contributed by atoms with Crippen LogP contribution in [0.15, 0.2) is 68.7 Å². The first-order chi connectivity index (χ1) is 15.8. The summed E-state index contributed by atoms with van der Waals surface area (Å²) in [6, 6.07) is 16.1. The third-order valence-corrected chi connectivity index (χ3v) is 6.62. The number of hydrogen-bond donors (Lipinski definition) is 1. The van der Waals surface area contributed by atoms with Crippen molar-refractivity contribution in [3.63, 3.8) is 0 Å². The van der Waals surface area contributed by atoms with E-state index < -0.39 is 5.63 Å². The van der Waals surface area contributed by atoms with Gasteiger partial charge >= 0.3 is 5.63 Å². The maximum atomic E-state index is 12.8. The zero-order chi connectivity index (χ0) is 23.5. The average molecular weight is 479 g/mol. The molecule has 0 bridgehead atoms. The van der Waals surface area contributed by atoms with Crippen LogP contribution in [0.1, 0.15) is 37.3 Å². The zero-order valence-electron chi connectivity index (χ0n) is 18.2. The van der Waals surface area contributed by atoms with Gasteiger partial charge in [-0.05, 0) is 47.4 Å². The Balaban J connectivity index is 1.37. The van der Waals surface area contributed by atoms with E-state index in [2.05, 4.69) is 31.3 Å². The van der Waals surface area contributed by atoms with Gasteiger partial charge in [0.25, 0.3) is 5.91 Å². The molecule has 4 rings (SSSR count). The highest BCUT2D eigenvalue weighted by atomic mass is 32.2. The van der Waals surface area contributed by atoms with Crippen molar-refractivity contribution >= 4 is 62.8 Å². The molecule has 1 aromatic heterocycles. The molecule has 1 aliphatic heterocycles. The van der Waals surface area contributed by atoms with Gasteiger partial charge in [0.05, 0.1) is 4.91 Å². The van der Waals surface area contributed by atoms with Crippen LogP contribution in [-0.4, -0.2) is 27.6 Å². The molecule has 168 valence electrons. The van der Waals surface area contributed by atoms with Gasteiger partial charge in [0.15, 0.2) is 0 Å². The number of carbonyl (C=O) groups is 2. The number of carbonyl (C=O) groups excluding carboxylic acids is 2. The second-order valence-electron chi connectivity index (χ2n) is 7.96. The van der Waals surface area contributed by atoms with Gasteiger partial charge in [-0.1, -0.05) is 62.1 Å². The van der Waals surface area contributed by atoms with E-state index in [0.29, 0.717) is 31.8 Å². The van der Waals surface area contributed by atoms with Crippen molar-refractivity contribution in [3.8, 4) is 0 Å². The lowest BCUT2D eigenvalue weighted by Crippen LogP contribution is -2.31. The fraction of sp³-hybridized carbons (Fsp3) is 0.200. The quantitative estimate of drug-likeness (QED) is 0.300. The third-order valence-electron chi connectivity index (χ3n) is 5.24. The molecule has 6 nitrogen and oxygen atoms in total. The van der Waals surface area contributed by atoms with Gasteiger partial charge < -0.3 is 9.73 Å². The number of thioether (sulfide) groups is 1. The van der Waals surface area contributed by atoms with Crippen molar-refractivity contribution in [2.75, 3.05) is 11.9 Å². The van der Waals surface area contributed by atoms with E-state index in [1.807, 2.05) is 18.2 Å². The van der Waals surface area contributed by atoms with Crippen molar-refractivity contribution in [3.05, 3.63) is 81.0 Å². The van der Waals surface area contributed by atoms with E-state index in [1.165, 1.54) is 28.3 Å². The first kappa shape index (κ1) is 22.9. The maximum absolute atomic E-state index is 12.8. The molecule has 33 heavy (non-hydrogen) atoms. The molecule has 1 saturated heterocycles. The van der Waals surface area contributed by atoms with Crippen LogP contribution in [0, 0.1) is 0 Å². The molecule has 0 spiro atoms. The number of anilines is 1. The number of nitrogens with zero attached hydrogens (tertiary/aromatic N) is 1. The molecule has 2 amide bonds. The Kier molecular flexibility index (Phi) is 6.76. The van der Waals surface area contributed by atoms with Crippen LogP contribution >= 0.6 is 24.0 Å². The Morgan fingerprint density at radius 2 is 1.88 bits per heavy atom. The second kappa shape index (κ2) is 9.72. The SMILES string of the molecule is CC(C)c1ccc(/C=C2\SC(=S)N(CCC(=O)Nc3ccc4oc(=O)ccc4c3)C2=O)cc1. The van der Waals surface area contributed by atoms with Crippen LogP contribution in [-0.2, 0) is 9.59 Å². The van der Waals surface area contributed by atoms with Gasteiger partial charge in [-0.25, -0.2) is 4.79 Å². The lowest BCUT2D eigenvalue weighted by atomic mass is 10.0. The summed E-state index contributed by atoms with van der Waals surface area (Å²) in [5, 5.41) is 3.51. The number of fused-ring (bicyclic) bond motifs is 1. The standard InChI is InChI=1S/C25H22N2O4S2/c1-15(2)17-5-3-16(4-6-17)13-21-24(30)27(25(32)33-21)12-11-22(28)26-19-8-9-20-18(14-19)7-10-23(29)31-20/h3-10,13-15H,11-12H2,1-2H3,(H,26,28)/b21-13-. The fourth-order valence-corrected chi connectivity index (χ4v) is 4.72. The Morgan fingerprint density at radius 1 is 1.12 bits per heavy atom. The van der Waals surface area contributed by atoms with Gasteiger partial charge in [0.1, 0.15) is 9.90 Å². The van der Waals surface area contributed by atoms with E-state index in [1.54, 1.807) is 24.3 Å². The van der Waals surface area contributed by atoms with Crippen LogP contribution in [0.5, 0.6) is 0 Å². The number of nitrogens with one attached hydrogen (secondary N) is 1. The Hall–Kier alpha value is -3.23. The maximum Gasteiger partial charge on any atom is 0.336 e. The topological polar surface area (TPSA) is 79.6 Å². The van der Waals surface area contributed by atoms with E-state index >= 15 is 0 Å². The minimum Gasteiger partial charge on any atom is -0.423 e. The predicted molar refractivity (Wildman–Crippen MR) is 136 cm³/mol. The largest absolute Gasteiger partial charge is 0.423 e. The van der Waals surface area contributed by atoms with Crippen molar-refractivity contribution in [2.45, 2.75) is 26.2 Å². The van der Waals surface area contributed by atoms with Crippen molar-refractivity contribution in [2.24, 2.45) is 0 Å². The molecule has 1 N–H and O–H groups in total. The molecule has 8 heteroatoms. The lowest BCUT2D eigenvalue weighted by Gasteiger charge is -2.14. The van der Waals surface area contributed by atoms with Gasteiger partial charge in [-0.2, -0.15) is 0 Å². The summed E-state index contributed by atoms with van der Waals surface area (Å²) in [6.07, 6.45) is 1.93. The summed E-state index contributed by atoms with van der Waals surface area (Å²) in [5.41, 5.74) is 2.77. The predicted octanol–water partition coefficient (Wildman–Crippen LogP) is 5.15. The number of hydrogen-bond acceptors (Lipinski definition) is 6. The molecule has 1 fully saturated rings. The Labute approximate surface area is 200 Å². The summed E-state index contributed by atoms with van der Waals surface area (Å²) >= 11 is 6.62. The normalized spacial score (nSPS) is 15.1. The molecule has 1 aliphatic rings. The van der Waals surface area contributed by atoms with E-state index in [-0.39, 0.29) is 24.8 Å². The number of thiocarbonyl (C=S) groups is 1. The first-order valence-corrected chi connectivity index (χ1v) is 11.7. The molecule has 0 unspecified atom stereocenters. The summed E-state index contributed by atoms with van der Waals surface area (Å²) in [5.74, 6) is 0.0132. The summed E-state index contributed by atoms with van der Waals surface area (Å²) in [7, 11) is 0. The lowest BCUT2D eigenvalue weighted by molar-refractivity contribution is -0.122. The van der Waals surface area contributed by atoms with E-state index in [4.69, 9.17) is 16.6 Å². The number of amides is 2. The highest BCUT2D eigenvalue weighted by Gasteiger charge is 2.32. The summed E-state index contributed by atoms with van der Waals surface area (Å²) in [6.45, 7) is 4.47. The van der Waals surface area contributed by atoms with Gasteiger partial charge in [-0.15, -0.1) is 0 Å². The van der Waals surface area contributed by atoms with E-state index in [0.717, 1.165) is 5.56 Å². The van der Waals surface area contributed by atoms with Crippen LogP contribution in [0.2, 0.25) is 0 Å². The van der Waals surface area contributed by atoms with Crippen LogP contribution < -0.4 is 10.9 Å².